The summed E-state index contributed by atoms with van der Waals surface area (Å²) < 4.78 is 3.18. The number of hydrogen-bond donors (Lipinski definition) is 1. The molecule has 0 amide bonds. The van der Waals surface area contributed by atoms with Crippen LogP contribution in [0.25, 0.3) is 5.69 Å². The van der Waals surface area contributed by atoms with Gasteiger partial charge >= 0.3 is 0 Å². The normalized spacial score (nSPS) is 10.8. The van der Waals surface area contributed by atoms with E-state index in [1.54, 1.807) is 0 Å². The van der Waals surface area contributed by atoms with Crippen molar-refractivity contribution in [3.8, 4) is 5.69 Å². The fraction of sp³-hybridized carbons (Fsp3) is 0.308. The second kappa shape index (κ2) is 5.47. The van der Waals surface area contributed by atoms with Gasteiger partial charge in [-0.3, -0.25) is 0 Å². The minimum atomic E-state index is 0.816. The van der Waals surface area contributed by atoms with Gasteiger partial charge in [0, 0.05) is 17.2 Å². The average molecular weight is 294 g/mol. The second-order valence-corrected chi connectivity index (χ2v) is 4.79. The van der Waals surface area contributed by atoms with E-state index in [1.807, 2.05) is 12.4 Å². The predicted octanol–water partition coefficient (Wildman–Crippen LogP) is 3.05. The van der Waals surface area contributed by atoms with E-state index < -0.39 is 0 Å². The Balaban J connectivity index is 2.27. The highest BCUT2D eigenvalue weighted by Gasteiger charge is 2.05. The van der Waals surface area contributed by atoms with Gasteiger partial charge in [0.25, 0.3) is 0 Å². The minimum absolute atomic E-state index is 0.816. The van der Waals surface area contributed by atoms with Gasteiger partial charge in [-0.2, -0.15) is 0 Å². The van der Waals surface area contributed by atoms with Gasteiger partial charge in [-0.1, -0.05) is 28.9 Å². The molecule has 3 nitrogen and oxygen atoms in total. The van der Waals surface area contributed by atoms with E-state index in [0.717, 1.165) is 28.9 Å². The molecule has 1 N–H and O–H groups in total. The molecule has 0 saturated heterocycles. The van der Waals surface area contributed by atoms with Crippen LogP contribution in [0.15, 0.2) is 35.2 Å². The maximum atomic E-state index is 4.39. The van der Waals surface area contributed by atoms with E-state index in [0.29, 0.717) is 0 Å². The SMILES string of the molecule is CCNCc1cn(-c2cccc(Br)c2C)cn1. The fourth-order valence-electron chi connectivity index (χ4n) is 1.72. The molecule has 0 saturated carbocycles. The Kier molecular flexibility index (Phi) is 3.97. The zero-order chi connectivity index (χ0) is 12.3. The summed E-state index contributed by atoms with van der Waals surface area (Å²) in [6.07, 6.45) is 3.93. The lowest BCUT2D eigenvalue weighted by atomic mass is 10.2. The summed E-state index contributed by atoms with van der Waals surface area (Å²) in [6, 6.07) is 6.19. The molecular formula is C13H16BrN3. The van der Waals surface area contributed by atoms with Gasteiger partial charge < -0.3 is 9.88 Å². The van der Waals surface area contributed by atoms with Crippen LogP contribution in [0.5, 0.6) is 0 Å². The largest absolute Gasteiger partial charge is 0.311 e. The van der Waals surface area contributed by atoms with Crippen molar-refractivity contribution in [1.82, 2.24) is 14.9 Å². The van der Waals surface area contributed by atoms with E-state index in [4.69, 9.17) is 0 Å². The molecule has 0 bridgehead atoms. The molecule has 0 fully saturated rings. The third-order valence-corrected chi connectivity index (χ3v) is 3.57. The molecule has 0 aliphatic carbocycles. The van der Waals surface area contributed by atoms with Crippen LogP contribution in [0.1, 0.15) is 18.2 Å². The van der Waals surface area contributed by atoms with Gasteiger partial charge in [0.15, 0.2) is 0 Å². The maximum Gasteiger partial charge on any atom is 0.0995 e. The second-order valence-electron chi connectivity index (χ2n) is 3.94. The van der Waals surface area contributed by atoms with Crippen LogP contribution < -0.4 is 5.32 Å². The number of imidazole rings is 1. The van der Waals surface area contributed by atoms with Crippen LogP contribution in [0.3, 0.4) is 0 Å². The third kappa shape index (κ3) is 2.76. The van der Waals surface area contributed by atoms with Gasteiger partial charge in [0.1, 0.15) is 0 Å². The van der Waals surface area contributed by atoms with Crippen molar-refractivity contribution in [2.45, 2.75) is 20.4 Å². The van der Waals surface area contributed by atoms with Crippen molar-refractivity contribution >= 4 is 15.9 Å². The number of nitrogens with zero attached hydrogens (tertiary/aromatic N) is 2. The molecule has 1 aromatic heterocycles. The molecule has 0 radical (unpaired) electrons. The molecular weight excluding hydrogens is 278 g/mol. The number of hydrogen-bond acceptors (Lipinski definition) is 2. The zero-order valence-corrected chi connectivity index (χ0v) is 11.7. The Hall–Kier alpha value is -1.13. The van der Waals surface area contributed by atoms with Crippen molar-refractivity contribution in [3.05, 3.63) is 46.5 Å². The highest BCUT2D eigenvalue weighted by Crippen LogP contribution is 2.22. The summed E-state index contributed by atoms with van der Waals surface area (Å²) in [5.41, 5.74) is 3.45. The average Bonchev–Trinajstić information content (AvgIpc) is 2.78. The van der Waals surface area contributed by atoms with Gasteiger partial charge in [-0.25, -0.2) is 4.98 Å². The molecule has 0 aliphatic rings. The highest BCUT2D eigenvalue weighted by molar-refractivity contribution is 9.10. The Morgan fingerprint density at radius 3 is 3.00 bits per heavy atom. The Bertz CT molecular complexity index is 505. The lowest BCUT2D eigenvalue weighted by molar-refractivity contribution is 0.713. The van der Waals surface area contributed by atoms with E-state index in [9.17, 15) is 0 Å². The molecule has 90 valence electrons. The number of nitrogens with one attached hydrogen (secondary N) is 1. The van der Waals surface area contributed by atoms with Crippen molar-refractivity contribution < 1.29 is 0 Å². The molecule has 4 heteroatoms. The van der Waals surface area contributed by atoms with Crippen molar-refractivity contribution in [2.24, 2.45) is 0 Å². The number of rotatable bonds is 4. The standard InChI is InChI=1S/C13H16BrN3/c1-3-15-7-11-8-17(9-16-11)13-6-4-5-12(14)10(13)2/h4-6,8-9,15H,3,7H2,1-2H3. The predicted molar refractivity (Wildman–Crippen MR) is 73.4 cm³/mol. The van der Waals surface area contributed by atoms with E-state index in [-0.39, 0.29) is 0 Å². The first kappa shape index (κ1) is 12.3. The summed E-state index contributed by atoms with van der Waals surface area (Å²) in [7, 11) is 0. The van der Waals surface area contributed by atoms with E-state index in [1.165, 1.54) is 5.56 Å². The van der Waals surface area contributed by atoms with Crippen molar-refractivity contribution in [2.75, 3.05) is 6.54 Å². The van der Waals surface area contributed by atoms with Gasteiger partial charge in [-0.15, -0.1) is 0 Å². The van der Waals surface area contributed by atoms with Crippen LogP contribution >= 0.6 is 15.9 Å². The fourth-order valence-corrected chi connectivity index (χ4v) is 2.07. The van der Waals surface area contributed by atoms with Crippen LogP contribution in [-0.4, -0.2) is 16.1 Å². The maximum absolute atomic E-state index is 4.39. The molecule has 0 unspecified atom stereocenters. The summed E-state index contributed by atoms with van der Waals surface area (Å²) >= 11 is 3.55. The number of aromatic nitrogens is 2. The summed E-state index contributed by atoms with van der Waals surface area (Å²) in [5.74, 6) is 0. The summed E-state index contributed by atoms with van der Waals surface area (Å²) in [5, 5.41) is 3.27. The highest BCUT2D eigenvalue weighted by atomic mass is 79.9. The number of benzene rings is 1. The molecule has 2 rings (SSSR count). The summed E-state index contributed by atoms with van der Waals surface area (Å²) in [4.78, 5) is 4.39. The molecule has 1 aromatic carbocycles. The van der Waals surface area contributed by atoms with Crippen LogP contribution in [-0.2, 0) is 6.54 Å². The smallest absolute Gasteiger partial charge is 0.0995 e. The molecule has 0 spiro atoms. The van der Waals surface area contributed by atoms with Gasteiger partial charge in [0.2, 0.25) is 0 Å². The molecule has 0 atom stereocenters. The monoisotopic (exact) mass is 293 g/mol. The van der Waals surface area contributed by atoms with Crippen molar-refractivity contribution in [1.29, 1.82) is 0 Å². The van der Waals surface area contributed by atoms with E-state index >= 15 is 0 Å². The van der Waals surface area contributed by atoms with Crippen LogP contribution in [0, 0.1) is 6.92 Å². The molecule has 1 heterocycles. The molecule has 17 heavy (non-hydrogen) atoms. The lowest BCUT2D eigenvalue weighted by Crippen LogP contribution is -2.11. The van der Waals surface area contributed by atoms with Gasteiger partial charge in [0.05, 0.1) is 17.7 Å². The first-order valence-corrected chi connectivity index (χ1v) is 6.50. The first-order chi connectivity index (χ1) is 8.22. The van der Waals surface area contributed by atoms with E-state index in [2.05, 4.69) is 63.0 Å². The van der Waals surface area contributed by atoms with Crippen LogP contribution in [0.4, 0.5) is 0 Å². The first-order valence-electron chi connectivity index (χ1n) is 5.71. The lowest BCUT2D eigenvalue weighted by Gasteiger charge is -2.07. The summed E-state index contributed by atoms with van der Waals surface area (Å²) in [6.45, 7) is 5.97. The Morgan fingerprint density at radius 2 is 2.24 bits per heavy atom. The third-order valence-electron chi connectivity index (χ3n) is 2.71. The van der Waals surface area contributed by atoms with Gasteiger partial charge in [-0.05, 0) is 31.2 Å². The quantitative estimate of drug-likeness (QED) is 0.939. The zero-order valence-electron chi connectivity index (χ0n) is 10.1. The Labute approximate surface area is 110 Å². The van der Waals surface area contributed by atoms with Crippen molar-refractivity contribution in [3.63, 3.8) is 0 Å². The minimum Gasteiger partial charge on any atom is -0.311 e. The number of halogens is 1. The topological polar surface area (TPSA) is 29.9 Å². The molecule has 2 aromatic rings. The Morgan fingerprint density at radius 1 is 1.41 bits per heavy atom. The molecule has 0 aliphatic heterocycles. The van der Waals surface area contributed by atoms with Crippen LogP contribution in [0.2, 0.25) is 0 Å².